The Kier molecular flexibility index (Phi) is 3.31. The molecule has 0 fully saturated rings. The van der Waals surface area contributed by atoms with Gasteiger partial charge in [0.05, 0.1) is 6.61 Å². The molecule has 0 aliphatic rings. The summed E-state index contributed by atoms with van der Waals surface area (Å²) in [5.41, 5.74) is 2.38. The van der Waals surface area contributed by atoms with Crippen LogP contribution < -0.4 is 4.74 Å². The average molecular weight is 266 g/mol. The first-order valence-corrected chi connectivity index (χ1v) is 6.36. The normalized spacial score (nSPS) is 10.7. The Bertz CT molecular complexity index is 751. The van der Waals surface area contributed by atoms with Crippen LogP contribution in [0.3, 0.4) is 0 Å². The van der Waals surface area contributed by atoms with Crippen molar-refractivity contribution in [2.24, 2.45) is 0 Å². The van der Waals surface area contributed by atoms with Crippen LogP contribution in [0.15, 0.2) is 48.7 Å². The van der Waals surface area contributed by atoms with Gasteiger partial charge >= 0.3 is 0 Å². The maximum Gasteiger partial charge on any atom is 0.219 e. The molecule has 0 aliphatic heterocycles. The zero-order valence-corrected chi connectivity index (χ0v) is 11.1. The highest BCUT2D eigenvalue weighted by Gasteiger charge is 2.06. The van der Waals surface area contributed by atoms with Gasteiger partial charge in [-0.05, 0) is 30.7 Å². The van der Waals surface area contributed by atoms with Gasteiger partial charge in [0.25, 0.3) is 0 Å². The summed E-state index contributed by atoms with van der Waals surface area (Å²) in [4.78, 5) is 8.66. The first-order valence-electron chi connectivity index (χ1n) is 6.36. The molecule has 2 heterocycles. The molecule has 0 amide bonds. The fourth-order valence-electron chi connectivity index (χ4n) is 2.12. The van der Waals surface area contributed by atoms with Crippen LogP contribution in [0.2, 0.25) is 0 Å². The lowest BCUT2D eigenvalue weighted by molar-refractivity contribution is 0.281. The molecule has 0 saturated heterocycles. The van der Waals surface area contributed by atoms with Crippen LogP contribution in [0.5, 0.6) is 11.6 Å². The molecule has 20 heavy (non-hydrogen) atoms. The van der Waals surface area contributed by atoms with E-state index in [0.717, 1.165) is 22.2 Å². The van der Waals surface area contributed by atoms with Crippen molar-refractivity contribution in [1.29, 1.82) is 0 Å². The van der Waals surface area contributed by atoms with Crippen molar-refractivity contribution in [1.82, 2.24) is 9.97 Å². The molecule has 0 radical (unpaired) electrons. The van der Waals surface area contributed by atoms with Gasteiger partial charge in [0, 0.05) is 23.3 Å². The Labute approximate surface area is 116 Å². The first-order chi connectivity index (χ1) is 9.76. The minimum atomic E-state index is -0.0342. The Hall–Kier alpha value is -2.46. The van der Waals surface area contributed by atoms with Crippen LogP contribution in [-0.4, -0.2) is 15.1 Å². The summed E-state index contributed by atoms with van der Waals surface area (Å²) >= 11 is 0. The number of fused-ring (bicyclic) bond motifs is 1. The van der Waals surface area contributed by atoms with Gasteiger partial charge in [0.1, 0.15) is 5.52 Å². The molecular weight excluding hydrogens is 252 g/mol. The third kappa shape index (κ3) is 2.46. The highest BCUT2D eigenvalue weighted by molar-refractivity contribution is 5.84. The fraction of sp³-hybridized carbons (Fsp3) is 0.125. The number of hydrogen-bond acceptors (Lipinski definition) is 4. The first kappa shape index (κ1) is 12.6. The number of aryl methyl sites for hydroxylation is 1. The van der Waals surface area contributed by atoms with Crippen molar-refractivity contribution in [3.8, 4) is 11.6 Å². The lowest BCUT2D eigenvalue weighted by atomic mass is 10.2. The largest absolute Gasteiger partial charge is 0.437 e. The van der Waals surface area contributed by atoms with Gasteiger partial charge in [-0.1, -0.05) is 18.2 Å². The standard InChI is InChI=1S/C16H14N2O2/c1-11-8-12(10-19)9-15(18-11)20-14-6-2-4-13-5-3-7-17-16(13)14/h2-9,19H,10H2,1H3. The number of benzene rings is 1. The number of pyridine rings is 2. The van der Waals surface area contributed by atoms with E-state index in [1.54, 1.807) is 12.3 Å². The fourth-order valence-corrected chi connectivity index (χ4v) is 2.12. The van der Waals surface area contributed by atoms with E-state index in [-0.39, 0.29) is 6.61 Å². The van der Waals surface area contributed by atoms with Crippen molar-refractivity contribution in [2.75, 3.05) is 0 Å². The maximum absolute atomic E-state index is 9.23. The van der Waals surface area contributed by atoms with Gasteiger partial charge < -0.3 is 9.84 Å². The molecule has 3 rings (SSSR count). The Morgan fingerprint density at radius 2 is 2.00 bits per heavy atom. The van der Waals surface area contributed by atoms with E-state index < -0.39 is 0 Å². The van der Waals surface area contributed by atoms with Gasteiger partial charge in [-0.15, -0.1) is 0 Å². The molecule has 0 spiro atoms. The van der Waals surface area contributed by atoms with Crippen LogP contribution in [-0.2, 0) is 6.61 Å². The topological polar surface area (TPSA) is 55.2 Å². The molecule has 0 bridgehead atoms. The SMILES string of the molecule is Cc1cc(CO)cc(Oc2cccc3cccnc23)n1. The van der Waals surface area contributed by atoms with Crippen LogP contribution in [0, 0.1) is 6.92 Å². The van der Waals surface area contributed by atoms with Crippen molar-refractivity contribution in [3.05, 3.63) is 59.9 Å². The maximum atomic E-state index is 9.23. The van der Waals surface area contributed by atoms with Gasteiger partial charge in [0.2, 0.25) is 5.88 Å². The third-order valence-corrected chi connectivity index (χ3v) is 2.98. The molecule has 0 aliphatic carbocycles. The number of para-hydroxylation sites is 1. The molecule has 1 N–H and O–H groups in total. The van der Waals surface area contributed by atoms with E-state index in [1.807, 2.05) is 43.3 Å². The average Bonchev–Trinajstić information content (AvgIpc) is 2.47. The van der Waals surface area contributed by atoms with E-state index in [1.165, 1.54) is 0 Å². The van der Waals surface area contributed by atoms with Crippen molar-refractivity contribution in [2.45, 2.75) is 13.5 Å². The van der Waals surface area contributed by atoms with Crippen LogP contribution in [0.1, 0.15) is 11.3 Å². The zero-order valence-electron chi connectivity index (χ0n) is 11.1. The lowest BCUT2D eigenvalue weighted by Crippen LogP contribution is -1.94. The second-order valence-corrected chi connectivity index (χ2v) is 4.55. The molecule has 0 atom stereocenters. The number of aliphatic hydroxyl groups is 1. The number of nitrogens with zero attached hydrogens (tertiary/aromatic N) is 2. The summed E-state index contributed by atoms with van der Waals surface area (Å²) in [5, 5.41) is 10.2. The predicted molar refractivity (Wildman–Crippen MR) is 76.7 cm³/mol. The Morgan fingerprint density at radius 3 is 2.85 bits per heavy atom. The Morgan fingerprint density at radius 1 is 1.15 bits per heavy atom. The van der Waals surface area contributed by atoms with Gasteiger partial charge in [-0.2, -0.15) is 0 Å². The smallest absolute Gasteiger partial charge is 0.219 e. The predicted octanol–water partition coefficient (Wildman–Crippen LogP) is 3.22. The summed E-state index contributed by atoms with van der Waals surface area (Å²) in [6.45, 7) is 1.83. The van der Waals surface area contributed by atoms with Crippen LogP contribution in [0.4, 0.5) is 0 Å². The molecule has 3 aromatic rings. The number of rotatable bonds is 3. The summed E-state index contributed by atoms with van der Waals surface area (Å²) in [6.07, 6.45) is 1.73. The van der Waals surface area contributed by atoms with Gasteiger partial charge in [0.15, 0.2) is 5.75 Å². The quantitative estimate of drug-likeness (QED) is 0.790. The monoisotopic (exact) mass is 266 g/mol. The zero-order chi connectivity index (χ0) is 13.9. The minimum absolute atomic E-state index is 0.0342. The highest BCUT2D eigenvalue weighted by Crippen LogP contribution is 2.27. The highest BCUT2D eigenvalue weighted by atomic mass is 16.5. The molecule has 4 heteroatoms. The third-order valence-electron chi connectivity index (χ3n) is 2.98. The van der Waals surface area contributed by atoms with Gasteiger partial charge in [-0.25, -0.2) is 4.98 Å². The molecule has 2 aromatic heterocycles. The second kappa shape index (κ2) is 5.27. The minimum Gasteiger partial charge on any atom is -0.437 e. The summed E-state index contributed by atoms with van der Waals surface area (Å²) in [5.74, 6) is 1.12. The molecule has 100 valence electrons. The lowest BCUT2D eigenvalue weighted by Gasteiger charge is -2.09. The van der Waals surface area contributed by atoms with Crippen LogP contribution >= 0.6 is 0 Å². The number of ether oxygens (including phenoxy) is 1. The number of aliphatic hydroxyl groups excluding tert-OH is 1. The summed E-state index contributed by atoms with van der Waals surface area (Å²) in [7, 11) is 0. The molecule has 0 saturated carbocycles. The van der Waals surface area contributed by atoms with E-state index in [2.05, 4.69) is 9.97 Å². The van der Waals surface area contributed by atoms with Crippen molar-refractivity contribution >= 4 is 10.9 Å². The van der Waals surface area contributed by atoms with E-state index in [9.17, 15) is 5.11 Å². The second-order valence-electron chi connectivity index (χ2n) is 4.55. The molecule has 4 nitrogen and oxygen atoms in total. The molecule has 0 unspecified atom stereocenters. The van der Waals surface area contributed by atoms with E-state index in [4.69, 9.17) is 4.74 Å². The van der Waals surface area contributed by atoms with E-state index in [0.29, 0.717) is 11.6 Å². The Balaban J connectivity index is 2.03. The molecular formula is C16H14N2O2. The summed E-state index contributed by atoms with van der Waals surface area (Å²) in [6, 6.07) is 13.2. The number of aromatic nitrogens is 2. The van der Waals surface area contributed by atoms with Crippen LogP contribution in [0.25, 0.3) is 10.9 Å². The van der Waals surface area contributed by atoms with Crippen molar-refractivity contribution in [3.63, 3.8) is 0 Å². The number of hydrogen-bond donors (Lipinski definition) is 1. The van der Waals surface area contributed by atoms with Gasteiger partial charge in [-0.3, -0.25) is 4.98 Å². The summed E-state index contributed by atoms with van der Waals surface area (Å²) < 4.78 is 5.83. The van der Waals surface area contributed by atoms with Crippen molar-refractivity contribution < 1.29 is 9.84 Å². The molecule has 1 aromatic carbocycles. The van der Waals surface area contributed by atoms with E-state index >= 15 is 0 Å².